The number of aryl methyl sites for hydroxylation is 1. The van der Waals surface area contributed by atoms with Crippen LogP contribution in [0.15, 0.2) is 58.4 Å². The van der Waals surface area contributed by atoms with Crippen LogP contribution in [0, 0.1) is 0 Å². The van der Waals surface area contributed by atoms with Gasteiger partial charge in [0.25, 0.3) is 0 Å². The van der Waals surface area contributed by atoms with Crippen molar-refractivity contribution >= 4 is 11.3 Å². The third-order valence-electron chi connectivity index (χ3n) is 4.25. The lowest BCUT2D eigenvalue weighted by atomic mass is 10.1. The summed E-state index contributed by atoms with van der Waals surface area (Å²) in [4.78, 5) is 9.14. The van der Waals surface area contributed by atoms with E-state index < -0.39 is 0 Å². The summed E-state index contributed by atoms with van der Waals surface area (Å²) in [5.74, 6) is 1.98. The Labute approximate surface area is 161 Å². The van der Waals surface area contributed by atoms with Gasteiger partial charge in [-0.3, -0.25) is 0 Å². The van der Waals surface area contributed by atoms with Crippen LogP contribution >= 0.6 is 11.3 Å². The van der Waals surface area contributed by atoms with Crippen LogP contribution in [0.1, 0.15) is 23.4 Å². The molecule has 4 rings (SSSR count). The summed E-state index contributed by atoms with van der Waals surface area (Å²) in [5, 5.41) is 7.35. The van der Waals surface area contributed by atoms with Crippen LogP contribution in [-0.2, 0) is 12.8 Å². The second kappa shape index (κ2) is 7.72. The monoisotopic (exact) mass is 377 g/mol. The molecule has 6 heteroatoms. The molecule has 0 atom stereocenters. The van der Waals surface area contributed by atoms with E-state index in [1.807, 2.05) is 48.5 Å². The molecule has 0 amide bonds. The number of hydrogen-bond acceptors (Lipinski definition) is 6. The van der Waals surface area contributed by atoms with Crippen LogP contribution in [0.3, 0.4) is 0 Å². The first-order chi connectivity index (χ1) is 13.2. The van der Waals surface area contributed by atoms with Crippen molar-refractivity contribution in [1.82, 2.24) is 15.1 Å². The van der Waals surface area contributed by atoms with Crippen molar-refractivity contribution in [2.75, 3.05) is 7.11 Å². The van der Waals surface area contributed by atoms with Gasteiger partial charge in [0.2, 0.25) is 11.7 Å². The van der Waals surface area contributed by atoms with Crippen molar-refractivity contribution in [1.29, 1.82) is 0 Å². The highest BCUT2D eigenvalue weighted by Gasteiger charge is 2.11. The molecule has 2 aromatic carbocycles. The Bertz CT molecular complexity index is 1040. The number of methoxy groups -OCH3 is 1. The van der Waals surface area contributed by atoms with Crippen molar-refractivity contribution in [3.8, 4) is 28.4 Å². The molecule has 0 aliphatic carbocycles. The van der Waals surface area contributed by atoms with E-state index in [1.54, 1.807) is 18.4 Å². The van der Waals surface area contributed by atoms with Crippen molar-refractivity contribution in [3.63, 3.8) is 0 Å². The summed E-state index contributed by atoms with van der Waals surface area (Å²) in [6.07, 6.45) is 1.53. The minimum atomic E-state index is 0.570. The van der Waals surface area contributed by atoms with Crippen LogP contribution in [0.4, 0.5) is 0 Å². The predicted octanol–water partition coefficient (Wildman–Crippen LogP) is 5.02. The molecule has 0 aliphatic rings. The van der Waals surface area contributed by atoms with E-state index >= 15 is 0 Å². The summed E-state index contributed by atoms with van der Waals surface area (Å²) in [5.41, 5.74) is 4.09. The average Bonchev–Trinajstić information content (AvgIpc) is 3.38. The molecule has 5 nitrogen and oxygen atoms in total. The van der Waals surface area contributed by atoms with Gasteiger partial charge in [-0.1, -0.05) is 48.5 Å². The van der Waals surface area contributed by atoms with E-state index in [1.165, 1.54) is 0 Å². The molecule has 4 aromatic rings. The van der Waals surface area contributed by atoms with Gasteiger partial charge in [0, 0.05) is 16.5 Å². The highest BCUT2D eigenvalue weighted by molar-refractivity contribution is 7.09. The molecule has 0 spiro atoms. The lowest BCUT2D eigenvalue weighted by molar-refractivity contribution is 0.385. The zero-order valence-corrected chi connectivity index (χ0v) is 16.0. The van der Waals surface area contributed by atoms with Crippen molar-refractivity contribution in [3.05, 3.63) is 70.4 Å². The molecular formula is C21H19N3O2S. The molecule has 136 valence electrons. The van der Waals surface area contributed by atoms with E-state index in [-0.39, 0.29) is 0 Å². The maximum absolute atomic E-state index is 5.42. The standard InChI is InChI=1S/C21H19N3O2S/c1-3-20-22-18(13-27-20)15-7-9-16(10-8-15)21-23-19(26-24-21)12-14-5-4-6-17(11-14)25-2/h4-11,13H,3,12H2,1-2H3. The Hall–Kier alpha value is -2.99. The zero-order valence-electron chi connectivity index (χ0n) is 15.2. The molecule has 0 aliphatic heterocycles. The number of ether oxygens (including phenoxy) is 1. The Morgan fingerprint density at radius 1 is 1.04 bits per heavy atom. The molecule has 0 bridgehead atoms. The van der Waals surface area contributed by atoms with E-state index in [0.29, 0.717) is 18.1 Å². The zero-order chi connectivity index (χ0) is 18.6. The third-order valence-corrected chi connectivity index (χ3v) is 5.24. The van der Waals surface area contributed by atoms with Gasteiger partial charge in [-0.15, -0.1) is 11.3 Å². The minimum Gasteiger partial charge on any atom is -0.497 e. The molecule has 27 heavy (non-hydrogen) atoms. The normalized spacial score (nSPS) is 10.9. The SMILES string of the molecule is CCc1nc(-c2ccc(-c3noc(Cc4cccc(OC)c4)n3)cc2)cs1. The quantitative estimate of drug-likeness (QED) is 0.472. The van der Waals surface area contributed by atoms with E-state index in [9.17, 15) is 0 Å². The van der Waals surface area contributed by atoms with Gasteiger partial charge in [-0.25, -0.2) is 4.98 Å². The fraction of sp³-hybridized carbons (Fsp3) is 0.190. The summed E-state index contributed by atoms with van der Waals surface area (Å²) in [6, 6.07) is 15.9. The lowest BCUT2D eigenvalue weighted by Crippen LogP contribution is -1.90. The van der Waals surface area contributed by atoms with Crippen molar-refractivity contribution in [2.45, 2.75) is 19.8 Å². The number of nitrogens with zero attached hydrogens (tertiary/aromatic N) is 3. The van der Waals surface area contributed by atoms with Crippen LogP contribution in [0.2, 0.25) is 0 Å². The predicted molar refractivity (Wildman–Crippen MR) is 106 cm³/mol. The molecule has 2 heterocycles. The van der Waals surface area contributed by atoms with Crippen LogP contribution in [0.25, 0.3) is 22.6 Å². The largest absolute Gasteiger partial charge is 0.497 e. The molecule has 0 N–H and O–H groups in total. The summed E-state index contributed by atoms with van der Waals surface area (Å²) >= 11 is 1.69. The van der Waals surface area contributed by atoms with Crippen molar-refractivity contribution < 1.29 is 9.26 Å². The molecule has 0 fully saturated rings. The lowest BCUT2D eigenvalue weighted by Gasteiger charge is -2.01. The topological polar surface area (TPSA) is 61.0 Å². The van der Waals surface area contributed by atoms with Gasteiger partial charge in [0.05, 0.1) is 24.2 Å². The first-order valence-electron chi connectivity index (χ1n) is 8.76. The first kappa shape index (κ1) is 17.4. The second-order valence-corrected chi connectivity index (χ2v) is 7.04. The number of benzene rings is 2. The first-order valence-corrected chi connectivity index (χ1v) is 9.64. The van der Waals surface area contributed by atoms with Gasteiger partial charge in [0.1, 0.15) is 5.75 Å². The summed E-state index contributed by atoms with van der Waals surface area (Å²) in [6.45, 7) is 2.12. The number of thiazole rings is 1. The molecular weight excluding hydrogens is 358 g/mol. The molecule has 0 unspecified atom stereocenters. The Morgan fingerprint density at radius 3 is 2.59 bits per heavy atom. The maximum atomic E-state index is 5.42. The minimum absolute atomic E-state index is 0.570. The molecule has 2 aromatic heterocycles. The average molecular weight is 377 g/mol. The fourth-order valence-electron chi connectivity index (χ4n) is 2.80. The van der Waals surface area contributed by atoms with Gasteiger partial charge < -0.3 is 9.26 Å². The van der Waals surface area contributed by atoms with Crippen molar-refractivity contribution in [2.24, 2.45) is 0 Å². The summed E-state index contributed by atoms with van der Waals surface area (Å²) in [7, 11) is 1.66. The molecule has 0 radical (unpaired) electrons. The van der Waals surface area contributed by atoms with Crippen LogP contribution < -0.4 is 4.74 Å². The maximum Gasteiger partial charge on any atom is 0.231 e. The highest BCUT2D eigenvalue weighted by atomic mass is 32.1. The Kier molecular flexibility index (Phi) is 4.98. The Balaban J connectivity index is 1.50. The number of rotatable bonds is 6. The van der Waals surface area contributed by atoms with E-state index in [4.69, 9.17) is 9.26 Å². The van der Waals surface area contributed by atoms with E-state index in [2.05, 4.69) is 27.4 Å². The fourth-order valence-corrected chi connectivity index (χ4v) is 3.55. The third kappa shape index (κ3) is 3.90. The van der Waals surface area contributed by atoms with E-state index in [0.717, 1.165) is 39.6 Å². The van der Waals surface area contributed by atoms with Crippen LogP contribution in [0.5, 0.6) is 5.75 Å². The molecule has 0 saturated heterocycles. The van der Waals surface area contributed by atoms with Gasteiger partial charge >= 0.3 is 0 Å². The second-order valence-electron chi connectivity index (χ2n) is 6.10. The number of hydrogen-bond donors (Lipinski definition) is 0. The number of aromatic nitrogens is 3. The Morgan fingerprint density at radius 2 is 1.85 bits per heavy atom. The van der Waals surface area contributed by atoms with Gasteiger partial charge in [-0.05, 0) is 24.1 Å². The van der Waals surface area contributed by atoms with Crippen LogP contribution in [-0.4, -0.2) is 22.2 Å². The molecule has 0 saturated carbocycles. The smallest absolute Gasteiger partial charge is 0.231 e. The van der Waals surface area contributed by atoms with Gasteiger partial charge in [0.15, 0.2) is 0 Å². The van der Waals surface area contributed by atoms with Gasteiger partial charge in [-0.2, -0.15) is 4.98 Å². The highest BCUT2D eigenvalue weighted by Crippen LogP contribution is 2.25. The summed E-state index contributed by atoms with van der Waals surface area (Å²) < 4.78 is 10.7.